The molecule has 3 amide bonds. The maximum atomic E-state index is 13.1. The van der Waals surface area contributed by atoms with E-state index >= 15 is 0 Å². The number of carboxylic acid groups (broad SMARTS) is 1. The molecule has 3 aromatic heterocycles. The predicted octanol–water partition coefficient (Wildman–Crippen LogP) is -0.596. The zero-order valence-electron chi connectivity index (χ0n) is 19.4. The molecule has 2 aliphatic heterocycles. The molecule has 6 N–H and O–H groups in total. The number of thiophene rings is 1. The SMILES string of the molecule is NC(=O)CON=C(C(=O)NC1C(=O)N2C(C(=O)O)=C(C[n+]3ccc4ccsc4c3)CS[C@@H]12)c1cc(N)on1. The van der Waals surface area contributed by atoms with Crippen molar-refractivity contribution in [2.24, 2.45) is 10.9 Å². The van der Waals surface area contributed by atoms with Gasteiger partial charge in [0.25, 0.3) is 17.7 Å². The van der Waals surface area contributed by atoms with Crippen molar-refractivity contribution in [3.8, 4) is 0 Å². The number of anilines is 1. The first-order chi connectivity index (χ1) is 18.2. The third kappa shape index (κ3) is 4.78. The number of hydrogen-bond donors (Lipinski definition) is 4. The first-order valence-corrected chi connectivity index (χ1v) is 12.9. The number of thioether (sulfide) groups is 1. The fourth-order valence-corrected chi connectivity index (χ4v) is 6.21. The Morgan fingerprint density at radius 1 is 1.37 bits per heavy atom. The normalized spacial score (nSPS) is 19.2. The highest BCUT2D eigenvalue weighted by Crippen LogP contribution is 2.40. The van der Waals surface area contributed by atoms with Crippen LogP contribution in [0.1, 0.15) is 5.69 Å². The van der Waals surface area contributed by atoms with E-state index in [1.54, 1.807) is 11.3 Å². The lowest BCUT2D eigenvalue weighted by atomic mass is 10.0. The molecule has 5 heterocycles. The van der Waals surface area contributed by atoms with Crippen LogP contribution in [0, 0.1) is 0 Å². The molecule has 38 heavy (non-hydrogen) atoms. The highest BCUT2D eigenvalue weighted by Gasteiger charge is 2.54. The Labute approximate surface area is 221 Å². The summed E-state index contributed by atoms with van der Waals surface area (Å²) < 4.78 is 7.69. The van der Waals surface area contributed by atoms with Crippen molar-refractivity contribution < 1.29 is 38.2 Å². The maximum Gasteiger partial charge on any atom is 0.352 e. The fourth-order valence-electron chi connectivity index (χ4n) is 4.04. The molecule has 3 aromatic rings. The number of nitrogens with one attached hydrogen (secondary N) is 1. The summed E-state index contributed by atoms with van der Waals surface area (Å²) in [6, 6.07) is 4.11. The van der Waals surface area contributed by atoms with Crippen LogP contribution in [-0.4, -0.2) is 68.3 Å². The summed E-state index contributed by atoms with van der Waals surface area (Å²) in [5.74, 6) is -3.30. The lowest BCUT2D eigenvalue weighted by Crippen LogP contribution is -2.71. The summed E-state index contributed by atoms with van der Waals surface area (Å²) in [6.07, 6.45) is 3.79. The number of carbonyl (C=O) groups excluding carboxylic acids is 3. The van der Waals surface area contributed by atoms with Gasteiger partial charge in [-0.05, 0) is 11.4 Å². The number of pyridine rings is 1. The van der Waals surface area contributed by atoms with Gasteiger partial charge in [0.15, 0.2) is 31.3 Å². The Bertz CT molecular complexity index is 1530. The molecule has 196 valence electrons. The Balaban J connectivity index is 1.34. The molecule has 0 spiro atoms. The smallest absolute Gasteiger partial charge is 0.352 e. The largest absolute Gasteiger partial charge is 0.477 e. The van der Waals surface area contributed by atoms with Crippen LogP contribution < -0.4 is 21.4 Å². The number of aliphatic carboxylic acids is 1. The number of primary amides is 1. The third-order valence-corrected chi connectivity index (χ3v) is 7.92. The van der Waals surface area contributed by atoms with Gasteiger partial charge in [0.2, 0.25) is 5.88 Å². The standard InChI is InChI=1S/C22H19N7O7S2/c23-14(30)8-35-27-16(12-5-15(24)36-26-12)19(31)25-17-20(32)29-18(22(33)34)11(9-38-21(17)29)6-28-3-1-10-2-4-37-13(10)7-28/h1-5,7,17,21H,6,8-9H2,(H5-,23,24,25,26,30,31,33,34)/p+1/t17?,21-/m0/s1. The number of carboxylic acids is 1. The molecule has 2 atom stereocenters. The second-order valence-corrected chi connectivity index (χ2v) is 10.3. The van der Waals surface area contributed by atoms with Gasteiger partial charge in [-0.15, -0.1) is 23.1 Å². The zero-order valence-corrected chi connectivity index (χ0v) is 21.0. The average molecular weight is 559 g/mol. The molecule has 1 unspecified atom stereocenters. The van der Waals surface area contributed by atoms with E-state index in [1.807, 2.05) is 34.5 Å². The van der Waals surface area contributed by atoms with Crippen LogP contribution >= 0.6 is 23.1 Å². The molecule has 1 saturated heterocycles. The monoisotopic (exact) mass is 558 g/mol. The van der Waals surface area contributed by atoms with Crippen molar-refractivity contribution in [2.45, 2.75) is 18.0 Å². The van der Waals surface area contributed by atoms with Gasteiger partial charge in [0.1, 0.15) is 22.8 Å². The van der Waals surface area contributed by atoms with Crippen molar-refractivity contribution >= 4 is 68.5 Å². The minimum atomic E-state index is -1.23. The van der Waals surface area contributed by atoms with Gasteiger partial charge < -0.3 is 31.3 Å². The Hall–Kier alpha value is -4.44. The van der Waals surface area contributed by atoms with Crippen molar-refractivity contribution in [3.05, 3.63) is 52.9 Å². The number of aromatic nitrogens is 2. The fraction of sp³-hybridized carbons (Fsp3) is 0.227. The van der Waals surface area contributed by atoms with Gasteiger partial charge in [-0.25, -0.2) is 4.79 Å². The summed E-state index contributed by atoms with van der Waals surface area (Å²) >= 11 is 2.90. The van der Waals surface area contributed by atoms with E-state index in [-0.39, 0.29) is 23.8 Å². The second kappa shape index (κ2) is 10.1. The van der Waals surface area contributed by atoms with Crippen LogP contribution in [0.2, 0.25) is 0 Å². The van der Waals surface area contributed by atoms with Gasteiger partial charge in [-0.2, -0.15) is 4.57 Å². The van der Waals surface area contributed by atoms with Crippen LogP contribution in [0.5, 0.6) is 0 Å². The van der Waals surface area contributed by atoms with Crippen molar-refractivity contribution in [3.63, 3.8) is 0 Å². The molecule has 14 nitrogen and oxygen atoms in total. The van der Waals surface area contributed by atoms with Crippen molar-refractivity contribution in [1.29, 1.82) is 0 Å². The minimum Gasteiger partial charge on any atom is -0.477 e. The summed E-state index contributed by atoms with van der Waals surface area (Å²) in [4.78, 5) is 55.2. The van der Waals surface area contributed by atoms with Crippen molar-refractivity contribution in [2.75, 3.05) is 18.1 Å². The van der Waals surface area contributed by atoms with Gasteiger partial charge in [-0.3, -0.25) is 19.3 Å². The number of carbonyl (C=O) groups is 4. The molecule has 0 radical (unpaired) electrons. The van der Waals surface area contributed by atoms with Crippen molar-refractivity contribution in [1.82, 2.24) is 15.4 Å². The summed E-state index contributed by atoms with van der Waals surface area (Å²) in [5.41, 5.74) is 10.5. The first kappa shape index (κ1) is 25.2. The van der Waals surface area contributed by atoms with E-state index in [4.69, 9.17) is 20.8 Å². The highest BCUT2D eigenvalue weighted by molar-refractivity contribution is 8.00. The second-order valence-electron chi connectivity index (χ2n) is 8.27. The lowest BCUT2D eigenvalue weighted by Gasteiger charge is -2.49. The molecule has 0 bridgehead atoms. The zero-order chi connectivity index (χ0) is 27.0. The van der Waals surface area contributed by atoms with Crippen LogP contribution in [0.25, 0.3) is 10.1 Å². The van der Waals surface area contributed by atoms with E-state index in [9.17, 15) is 24.3 Å². The molecular formula is C22H20N7O7S2+. The number of nitrogens with two attached hydrogens (primary N) is 2. The molecule has 0 aliphatic carbocycles. The number of oxime groups is 1. The van der Waals surface area contributed by atoms with Crippen LogP contribution in [0.3, 0.4) is 0 Å². The van der Waals surface area contributed by atoms with Crippen LogP contribution in [0.15, 0.2) is 56.9 Å². The first-order valence-electron chi connectivity index (χ1n) is 11.0. The number of β-lactam (4-membered cyclic amide) rings is 1. The Morgan fingerprint density at radius 2 is 2.18 bits per heavy atom. The Morgan fingerprint density at radius 3 is 2.89 bits per heavy atom. The molecule has 16 heteroatoms. The predicted molar refractivity (Wildman–Crippen MR) is 134 cm³/mol. The van der Waals surface area contributed by atoms with E-state index in [0.29, 0.717) is 11.3 Å². The minimum absolute atomic E-state index is 0.0995. The summed E-state index contributed by atoms with van der Waals surface area (Å²) in [6.45, 7) is -0.316. The highest BCUT2D eigenvalue weighted by atomic mass is 32.2. The molecular weight excluding hydrogens is 538 g/mol. The summed E-state index contributed by atoms with van der Waals surface area (Å²) in [7, 11) is 0. The number of nitrogen functional groups attached to an aromatic ring is 1. The molecule has 0 saturated carbocycles. The number of rotatable bonds is 9. The third-order valence-electron chi connectivity index (χ3n) is 5.71. The number of fused-ring (bicyclic) bond motifs is 2. The topological polar surface area (TPSA) is 207 Å². The van der Waals surface area contributed by atoms with Crippen LogP contribution in [0.4, 0.5) is 5.88 Å². The number of hydrogen-bond acceptors (Lipinski definition) is 11. The lowest BCUT2D eigenvalue weighted by molar-refractivity contribution is -0.687. The maximum absolute atomic E-state index is 13.1. The molecule has 5 rings (SSSR count). The van der Waals surface area contributed by atoms with E-state index in [0.717, 1.165) is 10.1 Å². The van der Waals surface area contributed by atoms with E-state index in [1.165, 1.54) is 22.7 Å². The summed E-state index contributed by atoms with van der Waals surface area (Å²) in [5, 5.41) is 22.1. The quantitative estimate of drug-likeness (QED) is 0.113. The van der Waals surface area contributed by atoms with Gasteiger partial charge in [-0.1, -0.05) is 10.3 Å². The van der Waals surface area contributed by atoms with E-state index in [2.05, 4.69) is 15.6 Å². The van der Waals surface area contributed by atoms with Gasteiger partial charge in [0.05, 0.1) is 4.70 Å². The molecule has 2 aliphatic rings. The Kier molecular flexibility index (Phi) is 6.73. The molecule has 1 fully saturated rings. The number of amides is 3. The van der Waals surface area contributed by atoms with Gasteiger partial charge >= 0.3 is 5.97 Å². The van der Waals surface area contributed by atoms with E-state index < -0.39 is 47.4 Å². The molecule has 0 aromatic carbocycles. The average Bonchev–Trinajstić information content (AvgIpc) is 3.52. The van der Waals surface area contributed by atoms with Crippen LogP contribution in [-0.2, 0) is 30.6 Å². The number of nitrogens with zero attached hydrogens (tertiary/aromatic N) is 4. The van der Waals surface area contributed by atoms with Gasteiger partial charge in [0, 0.05) is 28.8 Å².